The second-order valence-electron chi connectivity index (χ2n) is 8.62. The number of hydrogen-bond donors (Lipinski definition) is 1. The Morgan fingerprint density at radius 1 is 1.15 bits per heavy atom. The summed E-state index contributed by atoms with van der Waals surface area (Å²) in [6, 6.07) is 12.6. The van der Waals surface area contributed by atoms with Gasteiger partial charge in [0.15, 0.2) is 6.61 Å². The fraction of sp³-hybridized carbons (Fsp3) is 0.462. The Morgan fingerprint density at radius 3 is 2.48 bits per heavy atom. The van der Waals surface area contributed by atoms with Gasteiger partial charge in [-0.1, -0.05) is 65.8 Å². The molecule has 5 nitrogen and oxygen atoms in total. The summed E-state index contributed by atoms with van der Waals surface area (Å²) in [6.45, 7) is 4.08. The molecule has 0 saturated heterocycles. The SMILES string of the molecule is CCC(C(=O)NC1CCCCC1)N(Cc1ccc(Cl)cc1)C(=O)COc1ccc(Br)c(C)c1. The summed E-state index contributed by atoms with van der Waals surface area (Å²) in [5.74, 6) is 0.303. The van der Waals surface area contributed by atoms with Crippen LogP contribution in [0.15, 0.2) is 46.9 Å². The van der Waals surface area contributed by atoms with Crippen LogP contribution in [0.1, 0.15) is 56.6 Å². The molecule has 0 spiro atoms. The van der Waals surface area contributed by atoms with Gasteiger partial charge in [-0.2, -0.15) is 0 Å². The van der Waals surface area contributed by atoms with Crippen molar-refractivity contribution in [2.75, 3.05) is 6.61 Å². The molecule has 3 rings (SSSR count). The lowest BCUT2D eigenvalue weighted by Crippen LogP contribution is -2.52. The average molecular weight is 536 g/mol. The van der Waals surface area contributed by atoms with Crippen LogP contribution in [-0.4, -0.2) is 35.4 Å². The number of amides is 2. The second kappa shape index (κ2) is 12.4. The summed E-state index contributed by atoms with van der Waals surface area (Å²) < 4.78 is 6.78. The van der Waals surface area contributed by atoms with Crippen LogP contribution in [0, 0.1) is 6.92 Å². The second-order valence-corrected chi connectivity index (χ2v) is 9.91. The molecule has 2 aromatic rings. The first-order valence-corrected chi connectivity index (χ1v) is 12.8. The number of rotatable bonds is 9. The van der Waals surface area contributed by atoms with Crippen LogP contribution in [0.3, 0.4) is 0 Å². The summed E-state index contributed by atoms with van der Waals surface area (Å²) in [7, 11) is 0. The van der Waals surface area contributed by atoms with Crippen LogP contribution < -0.4 is 10.1 Å². The van der Waals surface area contributed by atoms with Gasteiger partial charge in [0.05, 0.1) is 0 Å². The molecule has 33 heavy (non-hydrogen) atoms. The third-order valence-electron chi connectivity index (χ3n) is 6.10. The van der Waals surface area contributed by atoms with Gasteiger partial charge in [0, 0.05) is 22.1 Å². The quantitative estimate of drug-likeness (QED) is 0.425. The van der Waals surface area contributed by atoms with E-state index in [0.29, 0.717) is 23.7 Å². The van der Waals surface area contributed by atoms with E-state index in [9.17, 15) is 9.59 Å². The van der Waals surface area contributed by atoms with E-state index in [4.69, 9.17) is 16.3 Å². The minimum atomic E-state index is -0.564. The molecule has 1 atom stereocenters. The van der Waals surface area contributed by atoms with Crippen LogP contribution in [0.25, 0.3) is 0 Å². The zero-order chi connectivity index (χ0) is 23.8. The van der Waals surface area contributed by atoms with Crippen LogP contribution in [-0.2, 0) is 16.1 Å². The third-order valence-corrected chi connectivity index (χ3v) is 7.24. The molecule has 2 amide bonds. The monoisotopic (exact) mass is 534 g/mol. The van der Waals surface area contributed by atoms with Crippen molar-refractivity contribution in [1.82, 2.24) is 10.2 Å². The van der Waals surface area contributed by atoms with Gasteiger partial charge in [0.2, 0.25) is 5.91 Å². The van der Waals surface area contributed by atoms with Crippen LogP contribution in [0.2, 0.25) is 5.02 Å². The van der Waals surface area contributed by atoms with Crippen LogP contribution in [0.5, 0.6) is 5.75 Å². The zero-order valence-electron chi connectivity index (χ0n) is 19.3. The molecular formula is C26H32BrClN2O3. The largest absolute Gasteiger partial charge is 0.484 e. The van der Waals surface area contributed by atoms with E-state index in [2.05, 4.69) is 21.2 Å². The molecule has 0 bridgehead atoms. The van der Waals surface area contributed by atoms with Gasteiger partial charge in [-0.15, -0.1) is 0 Å². The highest BCUT2D eigenvalue weighted by Gasteiger charge is 2.30. The van der Waals surface area contributed by atoms with E-state index in [1.165, 1.54) is 6.42 Å². The van der Waals surface area contributed by atoms with Crippen molar-refractivity contribution in [1.29, 1.82) is 0 Å². The van der Waals surface area contributed by atoms with Gasteiger partial charge in [0.1, 0.15) is 11.8 Å². The van der Waals surface area contributed by atoms with Crippen LogP contribution >= 0.6 is 27.5 Å². The van der Waals surface area contributed by atoms with Gasteiger partial charge < -0.3 is 15.0 Å². The van der Waals surface area contributed by atoms with E-state index >= 15 is 0 Å². The first-order valence-electron chi connectivity index (χ1n) is 11.6. The topological polar surface area (TPSA) is 58.6 Å². The molecule has 1 N–H and O–H groups in total. The molecule has 0 aliphatic heterocycles. The Kier molecular flexibility index (Phi) is 9.63. The summed E-state index contributed by atoms with van der Waals surface area (Å²) in [5, 5.41) is 3.82. The van der Waals surface area contributed by atoms with E-state index in [0.717, 1.165) is 41.3 Å². The molecule has 1 aliphatic rings. The van der Waals surface area contributed by atoms with Gasteiger partial charge in [0.25, 0.3) is 5.91 Å². The normalized spacial score (nSPS) is 15.0. The van der Waals surface area contributed by atoms with Gasteiger partial charge in [-0.25, -0.2) is 0 Å². The van der Waals surface area contributed by atoms with Crippen LogP contribution in [0.4, 0.5) is 0 Å². The number of hydrogen-bond acceptors (Lipinski definition) is 3. The van der Waals surface area contributed by atoms with Crippen molar-refractivity contribution < 1.29 is 14.3 Å². The molecule has 0 aromatic heterocycles. The van der Waals surface area contributed by atoms with Gasteiger partial charge >= 0.3 is 0 Å². The number of nitrogens with one attached hydrogen (secondary N) is 1. The first kappa shape index (κ1) is 25.6. The minimum Gasteiger partial charge on any atom is -0.484 e. The number of ether oxygens (including phenoxy) is 1. The molecular weight excluding hydrogens is 504 g/mol. The lowest BCUT2D eigenvalue weighted by Gasteiger charge is -2.32. The molecule has 7 heteroatoms. The smallest absolute Gasteiger partial charge is 0.261 e. The lowest BCUT2D eigenvalue weighted by molar-refractivity contribution is -0.143. The average Bonchev–Trinajstić information content (AvgIpc) is 2.81. The highest BCUT2D eigenvalue weighted by Crippen LogP contribution is 2.23. The number of halogens is 2. The molecule has 2 aromatic carbocycles. The number of aryl methyl sites for hydroxylation is 1. The summed E-state index contributed by atoms with van der Waals surface area (Å²) in [6.07, 6.45) is 6.01. The van der Waals surface area contributed by atoms with Crippen molar-refractivity contribution >= 4 is 39.3 Å². The third kappa shape index (κ3) is 7.47. The maximum absolute atomic E-state index is 13.3. The molecule has 0 heterocycles. The number of carbonyl (C=O) groups excluding carboxylic acids is 2. The standard InChI is InChI=1S/C26H32BrClN2O3/c1-3-24(26(32)29-21-7-5-4-6-8-21)30(16-19-9-11-20(28)12-10-19)25(31)17-33-22-13-14-23(27)18(2)15-22/h9-15,21,24H,3-8,16-17H2,1-2H3,(H,29,32). The number of benzene rings is 2. The molecule has 1 aliphatic carbocycles. The molecule has 178 valence electrons. The number of nitrogens with zero attached hydrogens (tertiary/aromatic N) is 1. The van der Waals surface area contributed by atoms with Crippen molar-refractivity contribution in [2.24, 2.45) is 0 Å². The molecule has 1 fully saturated rings. The molecule has 1 saturated carbocycles. The van der Waals surface area contributed by atoms with E-state index < -0.39 is 6.04 Å². The van der Waals surface area contributed by atoms with Crippen molar-refractivity contribution in [3.05, 3.63) is 63.1 Å². The van der Waals surface area contributed by atoms with E-state index in [1.807, 2.05) is 44.2 Å². The summed E-state index contributed by atoms with van der Waals surface area (Å²) in [5.41, 5.74) is 1.94. The number of carbonyl (C=O) groups is 2. The maximum atomic E-state index is 13.3. The fourth-order valence-electron chi connectivity index (χ4n) is 4.19. The Morgan fingerprint density at radius 2 is 1.85 bits per heavy atom. The predicted octanol–water partition coefficient (Wildman–Crippen LogP) is 6.05. The lowest BCUT2D eigenvalue weighted by atomic mass is 9.95. The maximum Gasteiger partial charge on any atom is 0.261 e. The highest BCUT2D eigenvalue weighted by molar-refractivity contribution is 9.10. The first-order chi connectivity index (χ1) is 15.9. The van der Waals surface area contributed by atoms with Gasteiger partial charge in [-0.05, 0) is 67.6 Å². The Hall–Kier alpha value is -2.05. The Bertz CT molecular complexity index is 945. The predicted molar refractivity (Wildman–Crippen MR) is 135 cm³/mol. The highest BCUT2D eigenvalue weighted by atomic mass is 79.9. The Balaban J connectivity index is 1.75. The zero-order valence-corrected chi connectivity index (χ0v) is 21.6. The Labute approximate surface area is 210 Å². The van der Waals surface area contributed by atoms with E-state index in [1.54, 1.807) is 17.0 Å². The van der Waals surface area contributed by atoms with Crippen molar-refractivity contribution in [3.63, 3.8) is 0 Å². The summed E-state index contributed by atoms with van der Waals surface area (Å²) >= 11 is 9.51. The fourth-order valence-corrected chi connectivity index (χ4v) is 4.56. The summed E-state index contributed by atoms with van der Waals surface area (Å²) in [4.78, 5) is 28.2. The van der Waals surface area contributed by atoms with E-state index in [-0.39, 0.29) is 24.5 Å². The van der Waals surface area contributed by atoms with Gasteiger partial charge in [-0.3, -0.25) is 9.59 Å². The van der Waals surface area contributed by atoms with Crippen molar-refractivity contribution in [3.8, 4) is 5.75 Å². The molecule has 1 unspecified atom stereocenters. The molecule has 0 radical (unpaired) electrons. The minimum absolute atomic E-state index is 0.0915. The van der Waals surface area contributed by atoms with Crippen molar-refractivity contribution in [2.45, 2.75) is 71.0 Å².